The summed E-state index contributed by atoms with van der Waals surface area (Å²) in [4.78, 5) is 1.55. The Morgan fingerprint density at radius 1 is 1.37 bits per heavy atom. The molecule has 0 aliphatic heterocycles. The molecule has 0 saturated heterocycles. The molecule has 0 bridgehead atoms. The molecule has 0 aliphatic rings. The highest BCUT2D eigenvalue weighted by atomic mass is 19.1. The van der Waals surface area contributed by atoms with Gasteiger partial charge in [0.15, 0.2) is 5.84 Å². The molecule has 0 unspecified atom stereocenters. The zero-order valence-corrected chi connectivity index (χ0v) is 11.5. The van der Waals surface area contributed by atoms with E-state index < -0.39 is 11.6 Å². The molecule has 6 heteroatoms. The lowest BCUT2D eigenvalue weighted by atomic mass is 9.98. The summed E-state index contributed by atoms with van der Waals surface area (Å²) in [5.41, 5.74) is 4.81. The largest absolute Gasteiger partial charge is 0.409 e. The summed E-state index contributed by atoms with van der Waals surface area (Å²) in [6.45, 7) is 5.73. The summed E-state index contributed by atoms with van der Waals surface area (Å²) >= 11 is 0. The van der Waals surface area contributed by atoms with Crippen molar-refractivity contribution in [3.63, 3.8) is 0 Å². The van der Waals surface area contributed by atoms with Crippen LogP contribution in [-0.2, 0) is 0 Å². The van der Waals surface area contributed by atoms with Crippen LogP contribution in [0.15, 0.2) is 17.3 Å². The summed E-state index contributed by atoms with van der Waals surface area (Å²) in [6, 6.07) is 2.10. The summed E-state index contributed by atoms with van der Waals surface area (Å²) in [7, 11) is 1.63. The lowest BCUT2D eigenvalue weighted by molar-refractivity contribution is 0.318. The first-order chi connectivity index (χ1) is 8.74. The van der Waals surface area contributed by atoms with Crippen molar-refractivity contribution < 1.29 is 14.0 Å². The molecule has 4 nitrogen and oxygen atoms in total. The fourth-order valence-electron chi connectivity index (χ4n) is 1.63. The van der Waals surface area contributed by atoms with E-state index in [1.807, 2.05) is 20.8 Å². The lowest BCUT2D eigenvalue weighted by Crippen LogP contribution is -2.41. The van der Waals surface area contributed by atoms with Crippen molar-refractivity contribution in [1.82, 2.24) is 0 Å². The van der Waals surface area contributed by atoms with E-state index in [1.54, 1.807) is 11.9 Å². The molecule has 0 amide bonds. The van der Waals surface area contributed by atoms with Crippen molar-refractivity contribution in [2.24, 2.45) is 10.9 Å². The molecule has 106 valence electrons. The molecule has 1 rings (SSSR count). The molecule has 0 spiro atoms. The molecule has 0 fully saturated rings. The second kappa shape index (κ2) is 5.42. The Morgan fingerprint density at radius 2 is 1.84 bits per heavy atom. The van der Waals surface area contributed by atoms with Crippen LogP contribution < -0.4 is 10.6 Å². The first kappa shape index (κ1) is 15.2. The van der Waals surface area contributed by atoms with E-state index in [4.69, 9.17) is 10.9 Å². The van der Waals surface area contributed by atoms with Gasteiger partial charge in [-0.1, -0.05) is 12.1 Å². The standard InChI is InChI=1S/C13H19F2N3O/c1-5-13(2,3)18(4)11-9(14)6-8(7-10(11)15)12(16)17-19/h6-7,19H,5H2,1-4H3,(H2,16,17). The Labute approximate surface area is 111 Å². The molecule has 19 heavy (non-hydrogen) atoms. The summed E-state index contributed by atoms with van der Waals surface area (Å²) < 4.78 is 28.1. The zero-order chi connectivity index (χ0) is 14.8. The van der Waals surface area contributed by atoms with Gasteiger partial charge in [-0.05, 0) is 32.4 Å². The predicted molar refractivity (Wildman–Crippen MR) is 71.6 cm³/mol. The molecular formula is C13H19F2N3O. The molecule has 0 aliphatic carbocycles. The topological polar surface area (TPSA) is 61.8 Å². The number of oxime groups is 1. The van der Waals surface area contributed by atoms with Crippen LogP contribution in [-0.4, -0.2) is 23.6 Å². The fraction of sp³-hybridized carbons (Fsp3) is 0.462. The molecular weight excluding hydrogens is 252 g/mol. The van der Waals surface area contributed by atoms with E-state index in [0.29, 0.717) is 0 Å². The third-order valence-corrected chi connectivity index (χ3v) is 3.53. The van der Waals surface area contributed by atoms with Gasteiger partial charge in [0.05, 0.1) is 0 Å². The van der Waals surface area contributed by atoms with Gasteiger partial charge < -0.3 is 15.8 Å². The molecule has 1 aromatic rings. The minimum absolute atomic E-state index is 0.00366. The minimum Gasteiger partial charge on any atom is -0.409 e. The Balaban J connectivity index is 3.32. The molecule has 1 aromatic carbocycles. The smallest absolute Gasteiger partial charge is 0.170 e. The van der Waals surface area contributed by atoms with Crippen LogP contribution in [0.25, 0.3) is 0 Å². The average molecular weight is 271 g/mol. The van der Waals surface area contributed by atoms with Gasteiger partial charge in [0.25, 0.3) is 0 Å². The van der Waals surface area contributed by atoms with Crippen LogP contribution >= 0.6 is 0 Å². The van der Waals surface area contributed by atoms with Crippen LogP contribution in [0, 0.1) is 11.6 Å². The van der Waals surface area contributed by atoms with E-state index in [1.165, 1.54) is 0 Å². The highest BCUT2D eigenvalue weighted by Crippen LogP contribution is 2.30. The van der Waals surface area contributed by atoms with Gasteiger partial charge in [0.1, 0.15) is 17.3 Å². The fourth-order valence-corrected chi connectivity index (χ4v) is 1.63. The van der Waals surface area contributed by atoms with Gasteiger partial charge in [-0.3, -0.25) is 0 Å². The van der Waals surface area contributed by atoms with Crippen molar-refractivity contribution in [2.75, 3.05) is 11.9 Å². The number of benzene rings is 1. The number of nitrogens with two attached hydrogens (primary N) is 1. The van der Waals surface area contributed by atoms with E-state index >= 15 is 0 Å². The average Bonchev–Trinajstić information content (AvgIpc) is 2.36. The second-order valence-electron chi connectivity index (χ2n) is 5.00. The number of hydrogen-bond acceptors (Lipinski definition) is 3. The zero-order valence-electron chi connectivity index (χ0n) is 11.5. The summed E-state index contributed by atoms with van der Waals surface area (Å²) in [5, 5.41) is 11.3. The molecule has 0 saturated carbocycles. The van der Waals surface area contributed by atoms with Gasteiger partial charge in [-0.15, -0.1) is 0 Å². The van der Waals surface area contributed by atoms with Gasteiger partial charge in [0.2, 0.25) is 0 Å². The Bertz CT molecular complexity index is 478. The molecule has 0 atom stereocenters. The van der Waals surface area contributed by atoms with Gasteiger partial charge >= 0.3 is 0 Å². The molecule has 3 N–H and O–H groups in total. The van der Waals surface area contributed by atoms with Gasteiger partial charge in [-0.25, -0.2) is 8.78 Å². The Kier molecular flexibility index (Phi) is 4.34. The highest BCUT2D eigenvalue weighted by molar-refractivity contribution is 5.97. The number of nitrogens with zero attached hydrogens (tertiary/aromatic N) is 2. The van der Waals surface area contributed by atoms with Crippen LogP contribution in [0.5, 0.6) is 0 Å². The van der Waals surface area contributed by atoms with Crippen molar-refractivity contribution in [3.05, 3.63) is 29.3 Å². The molecule has 0 radical (unpaired) electrons. The van der Waals surface area contributed by atoms with Crippen molar-refractivity contribution in [3.8, 4) is 0 Å². The van der Waals surface area contributed by atoms with E-state index in [9.17, 15) is 8.78 Å². The van der Waals surface area contributed by atoms with Crippen LogP contribution in [0.3, 0.4) is 0 Å². The Hall–Kier alpha value is -1.85. The van der Waals surface area contributed by atoms with Gasteiger partial charge in [0, 0.05) is 18.2 Å². The summed E-state index contributed by atoms with van der Waals surface area (Å²) in [5.74, 6) is -1.82. The number of anilines is 1. The summed E-state index contributed by atoms with van der Waals surface area (Å²) in [6.07, 6.45) is 0.727. The van der Waals surface area contributed by atoms with Crippen molar-refractivity contribution in [2.45, 2.75) is 32.7 Å². The quantitative estimate of drug-likeness (QED) is 0.383. The van der Waals surface area contributed by atoms with E-state index in [0.717, 1.165) is 18.6 Å². The maximum absolute atomic E-state index is 14.1. The third kappa shape index (κ3) is 2.94. The predicted octanol–water partition coefficient (Wildman–Crippen LogP) is 2.68. The Morgan fingerprint density at radius 3 is 2.21 bits per heavy atom. The van der Waals surface area contributed by atoms with Crippen LogP contribution in [0.1, 0.15) is 32.8 Å². The number of halogens is 2. The van der Waals surface area contributed by atoms with E-state index in [2.05, 4.69) is 5.16 Å². The third-order valence-electron chi connectivity index (χ3n) is 3.53. The first-order valence-electron chi connectivity index (χ1n) is 5.95. The number of amidine groups is 1. The monoisotopic (exact) mass is 271 g/mol. The van der Waals surface area contributed by atoms with Crippen molar-refractivity contribution in [1.29, 1.82) is 0 Å². The van der Waals surface area contributed by atoms with Crippen LogP contribution in [0.2, 0.25) is 0 Å². The highest BCUT2D eigenvalue weighted by Gasteiger charge is 2.27. The minimum atomic E-state index is -0.745. The van der Waals surface area contributed by atoms with Crippen LogP contribution in [0.4, 0.5) is 14.5 Å². The number of rotatable bonds is 4. The number of hydrogen-bond donors (Lipinski definition) is 2. The first-order valence-corrected chi connectivity index (χ1v) is 5.95. The second-order valence-corrected chi connectivity index (χ2v) is 5.00. The maximum Gasteiger partial charge on any atom is 0.170 e. The van der Waals surface area contributed by atoms with E-state index in [-0.39, 0.29) is 22.6 Å². The normalized spacial score (nSPS) is 12.6. The lowest BCUT2D eigenvalue weighted by Gasteiger charge is -2.37. The molecule has 0 heterocycles. The SMILES string of the molecule is CCC(C)(C)N(C)c1c(F)cc(C(N)=NO)cc1F. The molecule has 0 aromatic heterocycles. The van der Waals surface area contributed by atoms with Gasteiger partial charge in [-0.2, -0.15) is 0 Å². The maximum atomic E-state index is 14.1. The van der Waals surface area contributed by atoms with Crippen molar-refractivity contribution >= 4 is 11.5 Å².